The van der Waals surface area contributed by atoms with E-state index in [4.69, 9.17) is 4.74 Å². The number of carbonyl (C=O) groups excluding carboxylic acids is 1. The average molecular weight is 447 g/mol. The third-order valence-electron chi connectivity index (χ3n) is 6.28. The molecule has 1 aliphatic heterocycles. The number of esters is 1. The molecule has 0 amide bonds. The van der Waals surface area contributed by atoms with E-state index in [1.165, 1.54) is 12.1 Å². The Balaban J connectivity index is 1.52. The molecule has 1 unspecified atom stereocenters. The Bertz CT molecular complexity index is 951. The van der Waals surface area contributed by atoms with Gasteiger partial charge >= 0.3 is 5.97 Å². The summed E-state index contributed by atoms with van der Waals surface area (Å²) in [5, 5.41) is 1.08. The van der Waals surface area contributed by atoms with Crippen LogP contribution in [0.5, 0.6) is 0 Å². The predicted molar refractivity (Wildman–Crippen MR) is 119 cm³/mol. The van der Waals surface area contributed by atoms with Crippen LogP contribution in [0.2, 0.25) is 0 Å². The van der Waals surface area contributed by atoms with Gasteiger partial charge in [-0.05, 0) is 55.4 Å². The van der Waals surface area contributed by atoms with Crippen LogP contribution >= 0.6 is 11.8 Å². The molecule has 2 fully saturated rings. The lowest BCUT2D eigenvalue weighted by Crippen LogP contribution is -2.37. The van der Waals surface area contributed by atoms with Gasteiger partial charge in [0.1, 0.15) is 22.3 Å². The topological polar surface area (TPSA) is 42.4 Å². The van der Waals surface area contributed by atoms with Crippen molar-refractivity contribution in [3.8, 4) is 11.1 Å². The zero-order chi connectivity index (χ0) is 22.2. The minimum absolute atomic E-state index is 0.0221. The van der Waals surface area contributed by atoms with Gasteiger partial charge in [0.25, 0.3) is 0 Å². The van der Waals surface area contributed by atoms with Gasteiger partial charge in [-0.15, -0.1) is 11.8 Å². The number of pyridine rings is 1. The van der Waals surface area contributed by atoms with E-state index in [9.17, 15) is 4.79 Å². The largest absolute Gasteiger partial charge is 0.466 e. The maximum absolute atomic E-state index is 15.1. The predicted octanol–water partition coefficient (Wildman–Crippen LogP) is 5.70. The Labute approximate surface area is 186 Å². The van der Waals surface area contributed by atoms with E-state index in [0.717, 1.165) is 29.9 Å². The second kappa shape index (κ2) is 8.77. The van der Waals surface area contributed by atoms with Gasteiger partial charge in [-0.3, -0.25) is 4.79 Å². The Morgan fingerprint density at radius 2 is 1.97 bits per heavy atom. The molecule has 0 radical (unpaired) electrons. The highest BCUT2D eigenvalue weighted by atomic mass is 32.2. The lowest BCUT2D eigenvalue weighted by molar-refractivity contribution is -0.145. The smallest absolute Gasteiger partial charge is 0.309 e. The molecule has 1 saturated heterocycles. The van der Waals surface area contributed by atoms with Crippen molar-refractivity contribution in [1.29, 1.82) is 0 Å². The van der Waals surface area contributed by atoms with Crippen molar-refractivity contribution in [3.63, 3.8) is 0 Å². The summed E-state index contributed by atoms with van der Waals surface area (Å²) in [5.41, 5.74) is 1.20. The van der Waals surface area contributed by atoms with Crippen molar-refractivity contribution in [3.05, 3.63) is 42.1 Å². The highest BCUT2D eigenvalue weighted by Crippen LogP contribution is 2.60. The van der Waals surface area contributed by atoms with Gasteiger partial charge in [0.2, 0.25) is 0 Å². The first-order valence-corrected chi connectivity index (χ1v) is 11.8. The third-order valence-corrected chi connectivity index (χ3v) is 7.30. The van der Waals surface area contributed by atoms with Crippen LogP contribution in [0.25, 0.3) is 11.1 Å². The average Bonchev–Trinajstić information content (AvgIpc) is 3.42. The molecule has 4 nitrogen and oxygen atoms in total. The fourth-order valence-corrected chi connectivity index (χ4v) is 5.48. The van der Waals surface area contributed by atoms with Crippen LogP contribution in [0.1, 0.15) is 40.0 Å². The van der Waals surface area contributed by atoms with Crippen molar-refractivity contribution in [1.82, 2.24) is 4.98 Å². The minimum Gasteiger partial charge on any atom is -0.466 e. The number of carbonyl (C=O) groups is 1. The minimum atomic E-state index is -0.562. The van der Waals surface area contributed by atoms with Crippen LogP contribution in [-0.4, -0.2) is 35.9 Å². The second-order valence-corrected chi connectivity index (χ2v) is 10.2. The van der Waals surface area contributed by atoms with Crippen molar-refractivity contribution in [2.45, 2.75) is 50.3 Å². The van der Waals surface area contributed by atoms with Gasteiger partial charge in [0, 0.05) is 30.1 Å². The van der Waals surface area contributed by atoms with Gasteiger partial charge in [-0.25, -0.2) is 13.8 Å². The third kappa shape index (κ3) is 4.43. The van der Waals surface area contributed by atoms with Crippen molar-refractivity contribution in [2.24, 2.45) is 11.3 Å². The number of aromatic nitrogens is 1. The van der Waals surface area contributed by atoms with Gasteiger partial charge in [0.15, 0.2) is 0 Å². The fraction of sp³-hybridized carbons (Fsp3) is 0.500. The summed E-state index contributed by atoms with van der Waals surface area (Å²) >= 11 is 1.57. The maximum Gasteiger partial charge on any atom is 0.309 e. The molecule has 0 N–H and O–H groups in total. The summed E-state index contributed by atoms with van der Waals surface area (Å²) in [7, 11) is 0. The molecule has 0 bridgehead atoms. The molecule has 1 saturated carbocycles. The van der Waals surface area contributed by atoms with Gasteiger partial charge in [0.05, 0.1) is 12.5 Å². The summed E-state index contributed by atoms with van der Waals surface area (Å²) in [6, 6.07) is 6.44. The highest BCUT2D eigenvalue weighted by Gasteiger charge is 2.59. The molecule has 1 atom stereocenters. The molecule has 2 heterocycles. The molecule has 166 valence electrons. The fourth-order valence-electron chi connectivity index (χ4n) is 4.60. The lowest BCUT2D eigenvalue weighted by atomic mass is 9.90. The molecule has 31 heavy (non-hydrogen) atoms. The Morgan fingerprint density at radius 1 is 1.29 bits per heavy atom. The number of benzene rings is 1. The van der Waals surface area contributed by atoms with Crippen LogP contribution < -0.4 is 4.90 Å². The molecular weight excluding hydrogens is 418 g/mol. The summed E-state index contributed by atoms with van der Waals surface area (Å²) in [6.45, 7) is 7.37. The van der Waals surface area contributed by atoms with Gasteiger partial charge in [-0.1, -0.05) is 19.9 Å². The van der Waals surface area contributed by atoms with E-state index in [0.29, 0.717) is 30.5 Å². The molecule has 1 aliphatic carbocycles. The molecule has 2 aliphatic rings. The van der Waals surface area contributed by atoms with E-state index in [1.54, 1.807) is 35.8 Å². The molecule has 1 aromatic carbocycles. The van der Waals surface area contributed by atoms with Crippen molar-refractivity contribution < 1.29 is 18.3 Å². The van der Waals surface area contributed by atoms with Crippen molar-refractivity contribution >= 4 is 23.4 Å². The van der Waals surface area contributed by atoms with Crippen LogP contribution in [0.4, 0.5) is 14.5 Å². The molecule has 1 aromatic heterocycles. The van der Waals surface area contributed by atoms with Crippen LogP contribution in [-0.2, 0) is 9.53 Å². The quantitative estimate of drug-likeness (QED) is 0.421. The van der Waals surface area contributed by atoms with Crippen molar-refractivity contribution in [2.75, 3.05) is 24.6 Å². The Morgan fingerprint density at radius 3 is 2.58 bits per heavy atom. The molecular formula is C24H28F2N2O2S. The number of halogens is 2. The summed E-state index contributed by atoms with van der Waals surface area (Å²) < 4.78 is 35.4. The highest BCUT2D eigenvalue weighted by molar-refractivity contribution is 7.99. The molecule has 2 aromatic rings. The number of nitrogens with zero attached hydrogens (tertiary/aromatic N) is 2. The number of ether oxygens (including phenoxy) is 1. The number of piperidine rings is 1. The second-order valence-electron chi connectivity index (χ2n) is 8.67. The van der Waals surface area contributed by atoms with Gasteiger partial charge in [-0.2, -0.15) is 0 Å². The van der Waals surface area contributed by atoms with Crippen LogP contribution in [0.3, 0.4) is 0 Å². The first-order chi connectivity index (χ1) is 14.8. The van der Waals surface area contributed by atoms with E-state index in [2.05, 4.69) is 18.8 Å². The van der Waals surface area contributed by atoms with Crippen LogP contribution in [0, 0.1) is 23.0 Å². The Hall–Kier alpha value is -2.15. The number of thioether (sulfide) groups is 1. The first-order valence-electron chi connectivity index (χ1n) is 10.9. The number of anilines is 1. The van der Waals surface area contributed by atoms with E-state index in [-0.39, 0.29) is 23.0 Å². The first kappa shape index (κ1) is 22.1. The van der Waals surface area contributed by atoms with Gasteiger partial charge < -0.3 is 9.64 Å². The van der Waals surface area contributed by atoms with E-state index in [1.807, 2.05) is 6.07 Å². The van der Waals surface area contributed by atoms with E-state index < -0.39 is 11.6 Å². The standard InChI is InChI=1S/C24H28F2N2O2S/c1-4-30-23(29)18-14-24(18)7-10-28(11-8-24)21-19(25)12-16(13-20(21)26)17-6-5-9-27-22(17)31-15(2)3/h5-6,9,12-13,15,18H,4,7-8,10-11,14H2,1-3H3. The molecule has 7 heteroatoms. The number of hydrogen-bond donors (Lipinski definition) is 0. The summed E-state index contributed by atoms with van der Waals surface area (Å²) in [4.78, 5) is 18.2. The van der Waals surface area contributed by atoms with E-state index >= 15 is 8.78 Å². The summed E-state index contributed by atoms with van der Waals surface area (Å²) in [6.07, 6.45) is 4.00. The zero-order valence-corrected chi connectivity index (χ0v) is 19.0. The Kier molecular flexibility index (Phi) is 6.24. The molecule has 4 rings (SSSR count). The molecule has 1 spiro atoms. The maximum atomic E-state index is 15.1. The number of hydrogen-bond acceptors (Lipinski definition) is 5. The summed E-state index contributed by atoms with van der Waals surface area (Å²) in [5.74, 6) is -1.32. The monoisotopic (exact) mass is 446 g/mol. The van der Waals surface area contributed by atoms with Crippen LogP contribution in [0.15, 0.2) is 35.5 Å². The SMILES string of the molecule is CCOC(=O)C1CC12CCN(c1c(F)cc(-c3cccnc3SC(C)C)cc1F)CC2. The zero-order valence-electron chi connectivity index (χ0n) is 18.2. The normalized spacial score (nSPS) is 19.7. The number of rotatable bonds is 6. The lowest BCUT2D eigenvalue weighted by Gasteiger charge is -2.34.